The molecular formula is C19H22ClFN2O3. The minimum absolute atomic E-state index is 0. The van der Waals surface area contributed by atoms with E-state index in [4.69, 9.17) is 9.15 Å². The lowest BCUT2D eigenvalue weighted by atomic mass is 10.1. The Bertz CT molecular complexity index is 749. The van der Waals surface area contributed by atoms with Gasteiger partial charge in [0.15, 0.2) is 5.76 Å². The minimum atomic E-state index is -0.307. The van der Waals surface area contributed by atoms with Crippen molar-refractivity contribution in [3.8, 4) is 5.75 Å². The number of carbonyl (C=O) groups is 1. The van der Waals surface area contributed by atoms with Crippen LogP contribution in [0.5, 0.6) is 5.75 Å². The molecule has 7 heteroatoms. The lowest BCUT2D eigenvalue weighted by Crippen LogP contribution is -2.38. The van der Waals surface area contributed by atoms with Crippen LogP contribution in [0.1, 0.15) is 35.6 Å². The Morgan fingerprint density at radius 3 is 2.73 bits per heavy atom. The maximum absolute atomic E-state index is 12.9. The fourth-order valence-corrected chi connectivity index (χ4v) is 3.54. The van der Waals surface area contributed by atoms with E-state index in [-0.39, 0.29) is 30.7 Å². The first-order chi connectivity index (χ1) is 12.2. The molecule has 4 rings (SSSR count). The molecule has 2 fully saturated rings. The first kappa shape index (κ1) is 18.7. The Kier molecular flexibility index (Phi) is 5.84. The molecule has 1 aromatic carbocycles. The summed E-state index contributed by atoms with van der Waals surface area (Å²) >= 11 is 0. The molecule has 0 spiro atoms. The van der Waals surface area contributed by atoms with Crippen LogP contribution in [0.3, 0.4) is 0 Å². The van der Waals surface area contributed by atoms with Crippen LogP contribution in [0.25, 0.3) is 0 Å². The van der Waals surface area contributed by atoms with Crippen LogP contribution < -0.4 is 10.1 Å². The zero-order valence-corrected chi connectivity index (χ0v) is 15.1. The van der Waals surface area contributed by atoms with E-state index < -0.39 is 0 Å². The second-order valence-corrected chi connectivity index (χ2v) is 6.69. The molecule has 140 valence electrons. The first-order valence-electron chi connectivity index (χ1n) is 8.70. The summed E-state index contributed by atoms with van der Waals surface area (Å²) in [5.41, 5.74) is 0. The summed E-state index contributed by atoms with van der Waals surface area (Å²) in [4.78, 5) is 14.6. The van der Waals surface area contributed by atoms with Crippen molar-refractivity contribution in [3.05, 3.63) is 53.7 Å². The van der Waals surface area contributed by atoms with Crippen molar-refractivity contribution in [3.63, 3.8) is 0 Å². The molecule has 2 aliphatic rings. The topological polar surface area (TPSA) is 54.7 Å². The molecule has 1 aromatic heterocycles. The predicted molar refractivity (Wildman–Crippen MR) is 97.2 cm³/mol. The highest BCUT2D eigenvalue weighted by Gasteiger charge is 2.32. The van der Waals surface area contributed by atoms with Crippen molar-refractivity contribution in [2.75, 3.05) is 13.1 Å². The van der Waals surface area contributed by atoms with E-state index in [2.05, 4.69) is 5.32 Å². The number of hydrogen-bond acceptors (Lipinski definition) is 4. The third-order valence-electron chi connectivity index (χ3n) is 4.88. The number of benzene rings is 1. The van der Waals surface area contributed by atoms with Gasteiger partial charge < -0.3 is 19.4 Å². The average Bonchev–Trinajstić information content (AvgIpc) is 3.20. The van der Waals surface area contributed by atoms with Gasteiger partial charge in [0.1, 0.15) is 23.9 Å². The van der Waals surface area contributed by atoms with E-state index in [0.29, 0.717) is 29.4 Å². The van der Waals surface area contributed by atoms with Gasteiger partial charge in [-0.05, 0) is 55.7 Å². The first-order valence-corrected chi connectivity index (χ1v) is 8.70. The SMILES string of the molecule is Cl.O=C(c1ccc(COc2ccc(F)cc2)o1)N1CCC2CCC(C1)N2. The van der Waals surface area contributed by atoms with Crippen LogP contribution >= 0.6 is 12.4 Å². The molecule has 2 unspecified atom stereocenters. The molecule has 0 radical (unpaired) electrons. The van der Waals surface area contributed by atoms with E-state index in [1.807, 2.05) is 4.90 Å². The van der Waals surface area contributed by atoms with E-state index >= 15 is 0 Å². The van der Waals surface area contributed by atoms with Crippen LogP contribution in [0.4, 0.5) is 4.39 Å². The summed E-state index contributed by atoms with van der Waals surface area (Å²) in [6.45, 7) is 1.69. The highest BCUT2D eigenvalue weighted by Crippen LogP contribution is 2.22. The largest absolute Gasteiger partial charge is 0.486 e. The van der Waals surface area contributed by atoms with Gasteiger partial charge >= 0.3 is 0 Å². The lowest BCUT2D eigenvalue weighted by molar-refractivity contribution is 0.0712. The van der Waals surface area contributed by atoms with Crippen LogP contribution in [0, 0.1) is 5.82 Å². The monoisotopic (exact) mass is 380 g/mol. The molecule has 5 nitrogen and oxygen atoms in total. The predicted octanol–water partition coefficient (Wildman–Crippen LogP) is 3.39. The third-order valence-corrected chi connectivity index (χ3v) is 4.88. The Morgan fingerprint density at radius 1 is 1.15 bits per heavy atom. The third kappa shape index (κ3) is 4.19. The van der Waals surface area contributed by atoms with Gasteiger partial charge in [0.05, 0.1) is 0 Å². The molecule has 0 aliphatic carbocycles. The standard InChI is InChI=1S/C19H21FN2O3.ClH/c20-13-1-5-16(6-2-13)24-12-17-7-8-18(25-17)19(23)22-10-9-14-3-4-15(11-22)21-14;/h1-2,5-8,14-15,21H,3-4,9-12H2;1H. The maximum atomic E-state index is 12.9. The lowest BCUT2D eigenvalue weighted by Gasteiger charge is -2.23. The molecule has 0 saturated carbocycles. The van der Waals surface area contributed by atoms with Crippen molar-refractivity contribution in [2.45, 2.75) is 38.0 Å². The molecule has 2 aromatic rings. The van der Waals surface area contributed by atoms with Gasteiger partial charge in [0.25, 0.3) is 5.91 Å². The summed E-state index contributed by atoms with van der Waals surface area (Å²) in [7, 11) is 0. The number of halogens is 2. The van der Waals surface area contributed by atoms with Gasteiger partial charge in [-0.15, -0.1) is 12.4 Å². The van der Waals surface area contributed by atoms with Crippen LogP contribution in [-0.2, 0) is 6.61 Å². The van der Waals surface area contributed by atoms with E-state index in [1.165, 1.54) is 18.6 Å². The summed E-state index contributed by atoms with van der Waals surface area (Å²) < 4.78 is 24.1. The Hall–Kier alpha value is -2.05. The second kappa shape index (κ2) is 8.10. The van der Waals surface area contributed by atoms with Gasteiger partial charge in [0.2, 0.25) is 0 Å². The van der Waals surface area contributed by atoms with Gasteiger partial charge in [-0.25, -0.2) is 4.39 Å². The molecular weight excluding hydrogens is 359 g/mol. The Morgan fingerprint density at radius 2 is 1.92 bits per heavy atom. The van der Waals surface area contributed by atoms with Crippen LogP contribution in [0.2, 0.25) is 0 Å². The summed E-state index contributed by atoms with van der Waals surface area (Å²) in [6, 6.07) is 10.2. The number of likely N-dealkylation sites (tertiary alicyclic amines) is 1. The summed E-state index contributed by atoms with van der Waals surface area (Å²) in [5, 5.41) is 3.57. The number of nitrogens with one attached hydrogen (secondary N) is 1. The summed E-state index contributed by atoms with van der Waals surface area (Å²) in [6.07, 6.45) is 3.32. The number of amides is 1. The zero-order valence-electron chi connectivity index (χ0n) is 14.3. The number of ether oxygens (including phenoxy) is 1. The average molecular weight is 381 g/mol. The normalized spacial score (nSPS) is 21.8. The van der Waals surface area contributed by atoms with E-state index in [9.17, 15) is 9.18 Å². The number of fused-ring (bicyclic) bond motifs is 2. The Labute approximate surface area is 157 Å². The van der Waals surface area contributed by atoms with Crippen molar-refractivity contribution < 1.29 is 18.3 Å². The molecule has 2 saturated heterocycles. The van der Waals surface area contributed by atoms with Crippen LogP contribution in [-0.4, -0.2) is 36.0 Å². The minimum Gasteiger partial charge on any atom is -0.486 e. The zero-order chi connectivity index (χ0) is 17.2. The highest BCUT2D eigenvalue weighted by molar-refractivity contribution is 5.91. The van der Waals surface area contributed by atoms with Crippen LogP contribution in [0.15, 0.2) is 40.8 Å². The Balaban J connectivity index is 0.00000196. The number of furan rings is 1. The fraction of sp³-hybridized carbons (Fsp3) is 0.421. The number of rotatable bonds is 4. The van der Waals surface area contributed by atoms with Gasteiger partial charge in [-0.1, -0.05) is 0 Å². The molecule has 3 heterocycles. The highest BCUT2D eigenvalue weighted by atomic mass is 35.5. The smallest absolute Gasteiger partial charge is 0.289 e. The van der Waals surface area contributed by atoms with Crippen molar-refractivity contribution in [1.29, 1.82) is 0 Å². The van der Waals surface area contributed by atoms with E-state index in [1.54, 1.807) is 24.3 Å². The number of carbonyl (C=O) groups excluding carboxylic acids is 1. The van der Waals surface area contributed by atoms with Gasteiger partial charge in [-0.3, -0.25) is 4.79 Å². The van der Waals surface area contributed by atoms with Crippen molar-refractivity contribution in [2.24, 2.45) is 0 Å². The fourth-order valence-electron chi connectivity index (χ4n) is 3.54. The van der Waals surface area contributed by atoms with Gasteiger partial charge in [0, 0.05) is 25.2 Å². The molecule has 2 aliphatic heterocycles. The number of nitrogens with zero attached hydrogens (tertiary/aromatic N) is 1. The second-order valence-electron chi connectivity index (χ2n) is 6.69. The molecule has 26 heavy (non-hydrogen) atoms. The summed E-state index contributed by atoms with van der Waals surface area (Å²) in [5.74, 6) is 1.10. The molecule has 2 bridgehead atoms. The molecule has 1 N–H and O–H groups in total. The van der Waals surface area contributed by atoms with Crippen molar-refractivity contribution in [1.82, 2.24) is 10.2 Å². The quantitative estimate of drug-likeness (QED) is 0.883. The van der Waals surface area contributed by atoms with E-state index in [0.717, 1.165) is 25.9 Å². The maximum Gasteiger partial charge on any atom is 0.289 e. The van der Waals surface area contributed by atoms with Crippen molar-refractivity contribution >= 4 is 18.3 Å². The molecule has 1 amide bonds. The molecule has 2 atom stereocenters. The number of hydrogen-bond donors (Lipinski definition) is 1. The van der Waals surface area contributed by atoms with Gasteiger partial charge in [-0.2, -0.15) is 0 Å².